The van der Waals surface area contributed by atoms with Crippen molar-refractivity contribution in [3.05, 3.63) is 46.1 Å². The predicted molar refractivity (Wildman–Crippen MR) is 135 cm³/mol. The van der Waals surface area contributed by atoms with Crippen LogP contribution in [0.5, 0.6) is 0 Å². The number of hydrogen-bond donors (Lipinski definition) is 1. The SMILES string of the molecule is C#C/C=C(\C=C/CC(=O)OC1=CC(C2CCCC2)=C(S(=O)(=O)O)C(C2CCCC2)C1)C(C)(C)C. The molecule has 3 rings (SSSR count). The lowest BCUT2D eigenvalue weighted by atomic mass is 9.79. The van der Waals surface area contributed by atoms with Crippen molar-refractivity contribution in [3.8, 4) is 12.3 Å². The van der Waals surface area contributed by atoms with E-state index in [1.807, 2.05) is 6.08 Å². The second kappa shape index (κ2) is 11.1. The lowest BCUT2D eigenvalue weighted by Crippen LogP contribution is -2.27. The highest BCUT2D eigenvalue weighted by Crippen LogP contribution is 2.47. The van der Waals surface area contributed by atoms with Crippen LogP contribution in [-0.4, -0.2) is 18.9 Å². The average molecular weight is 487 g/mol. The van der Waals surface area contributed by atoms with Crippen molar-refractivity contribution in [2.75, 3.05) is 0 Å². The first-order chi connectivity index (χ1) is 16.0. The molecule has 186 valence electrons. The van der Waals surface area contributed by atoms with E-state index >= 15 is 0 Å². The number of hydrogen-bond acceptors (Lipinski definition) is 4. The summed E-state index contributed by atoms with van der Waals surface area (Å²) < 4.78 is 41.0. The van der Waals surface area contributed by atoms with Gasteiger partial charge in [-0.25, -0.2) is 0 Å². The minimum atomic E-state index is -4.33. The summed E-state index contributed by atoms with van der Waals surface area (Å²) in [6.07, 6.45) is 20.7. The lowest BCUT2D eigenvalue weighted by Gasteiger charge is -2.32. The third-order valence-electron chi connectivity index (χ3n) is 7.33. The monoisotopic (exact) mass is 486 g/mol. The van der Waals surface area contributed by atoms with E-state index < -0.39 is 10.1 Å². The standard InChI is InChI=1S/C28H38O5S/c1-5-11-22(28(2,3)4)16-10-17-26(29)33-23-18-24(20-12-6-7-13-20)27(34(30,31)32)25(19-23)21-14-8-9-15-21/h1,10-11,16,18,20-21,25H,6-9,12-15,17,19H2,2-4H3,(H,30,31,32)/b16-10-,22-11+. The van der Waals surface area contributed by atoms with Crippen molar-refractivity contribution in [3.63, 3.8) is 0 Å². The van der Waals surface area contributed by atoms with Crippen LogP contribution in [0.1, 0.15) is 85.0 Å². The van der Waals surface area contributed by atoms with Gasteiger partial charge in [0.2, 0.25) is 0 Å². The normalized spacial score (nSPS) is 23.4. The topological polar surface area (TPSA) is 80.7 Å². The Morgan fingerprint density at radius 1 is 1.18 bits per heavy atom. The quantitative estimate of drug-likeness (QED) is 0.192. The van der Waals surface area contributed by atoms with Crippen molar-refractivity contribution in [2.45, 2.75) is 85.0 Å². The Kier molecular flexibility index (Phi) is 8.65. The summed E-state index contributed by atoms with van der Waals surface area (Å²) in [6.45, 7) is 6.16. The molecule has 34 heavy (non-hydrogen) atoms. The number of carbonyl (C=O) groups is 1. The molecule has 1 N–H and O–H groups in total. The van der Waals surface area contributed by atoms with Crippen molar-refractivity contribution in [2.24, 2.45) is 23.2 Å². The zero-order valence-corrected chi connectivity index (χ0v) is 21.5. The molecule has 0 heterocycles. The van der Waals surface area contributed by atoms with E-state index in [0.717, 1.165) is 56.9 Å². The highest BCUT2D eigenvalue weighted by Gasteiger charge is 2.40. The van der Waals surface area contributed by atoms with Crippen LogP contribution in [0.3, 0.4) is 0 Å². The van der Waals surface area contributed by atoms with Crippen LogP contribution in [0.25, 0.3) is 0 Å². The molecule has 0 spiro atoms. The number of carbonyl (C=O) groups excluding carboxylic acids is 1. The smallest absolute Gasteiger partial charge is 0.314 e. The molecule has 2 saturated carbocycles. The molecule has 0 aromatic heterocycles. The van der Waals surface area contributed by atoms with Gasteiger partial charge in [-0.3, -0.25) is 9.35 Å². The number of esters is 1. The molecular weight excluding hydrogens is 448 g/mol. The summed E-state index contributed by atoms with van der Waals surface area (Å²) in [5.74, 6) is 2.60. The molecule has 5 nitrogen and oxygen atoms in total. The third-order valence-corrected chi connectivity index (χ3v) is 8.43. The van der Waals surface area contributed by atoms with E-state index in [-0.39, 0.29) is 40.5 Å². The molecule has 0 amide bonds. The zero-order chi connectivity index (χ0) is 24.9. The molecule has 3 aliphatic carbocycles. The van der Waals surface area contributed by atoms with Crippen molar-refractivity contribution in [1.82, 2.24) is 0 Å². The second-order valence-electron chi connectivity index (χ2n) is 10.8. The second-order valence-corrected chi connectivity index (χ2v) is 12.2. The molecule has 0 saturated heterocycles. The minimum absolute atomic E-state index is 0.0815. The number of allylic oxidation sites excluding steroid dienone is 7. The van der Waals surface area contributed by atoms with Gasteiger partial charge in [-0.15, -0.1) is 6.42 Å². The van der Waals surface area contributed by atoms with E-state index in [2.05, 4.69) is 26.7 Å². The van der Waals surface area contributed by atoms with Crippen LogP contribution < -0.4 is 0 Å². The Balaban J connectivity index is 1.84. The fourth-order valence-corrected chi connectivity index (χ4v) is 6.79. The fourth-order valence-electron chi connectivity index (χ4n) is 5.61. The van der Waals surface area contributed by atoms with E-state index in [4.69, 9.17) is 11.2 Å². The highest BCUT2D eigenvalue weighted by atomic mass is 32.2. The van der Waals surface area contributed by atoms with Gasteiger partial charge in [0.25, 0.3) is 10.1 Å². The maximum atomic E-state index is 12.7. The average Bonchev–Trinajstić information content (AvgIpc) is 3.45. The third kappa shape index (κ3) is 6.73. The van der Waals surface area contributed by atoms with E-state index in [1.54, 1.807) is 18.2 Å². The van der Waals surface area contributed by atoms with Gasteiger partial charge < -0.3 is 4.74 Å². The lowest BCUT2D eigenvalue weighted by molar-refractivity contribution is -0.138. The predicted octanol–water partition coefficient (Wildman–Crippen LogP) is 6.51. The van der Waals surface area contributed by atoms with Gasteiger partial charge in [0.1, 0.15) is 5.76 Å². The summed E-state index contributed by atoms with van der Waals surface area (Å²) in [7, 11) is -4.33. The van der Waals surface area contributed by atoms with Crippen LogP contribution in [0.15, 0.2) is 46.1 Å². The van der Waals surface area contributed by atoms with Crippen molar-refractivity contribution < 1.29 is 22.5 Å². The molecule has 2 fully saturated rings. The minimum Gasteiger partial charge on any atom is -0.431 e. The first-order valence-corrected chi connectivity index (χ1v) is 13.9. The molecular formula is C28H38O5S. The van der Waals surface area contributed by atoms with Gasteiger partial charge in [0, 0.05) is 12.3 Å². The number of rotatable bonds is 7. The van der Waals surface area contributed by atoms with Gasteiger partial charge in [-0.2, -0.15) is 8.42 Å². The van der Waals surface area contributed by atoms with E-state index in [1.165, 1.54) is 0 Å². The molecule has 0 aliphatic heterocycles. The fraction of sp³-hybridized carbons (Fsp3) is 0.607. The largest absolute Gasteiger partial charge is 0.431 e. The van der Waals surface area contributed by atoms with Gasteiger partial charge in [-0.05, 0) is 66.2 Å². The van der Waals surface area contributed by atoms with E-state index in [9.17, 15) is 17.8 Å². The summed E-state index contributed by atoms with van der Waals surface area (Å²) >= 11 is 0. The maximum absolute atomic E-state index is 12.7. The zero-order valence-electron chi connectivity index (χ0n) is 20.7. The van der Waals surface area contributed by atoms with Gasteiger partial charge in [-0.1, -0.05) is 64.5 Å². The first-order valence-electron chi connectivity index (χ1n) is 12.5. The molecule has 6 heteroatoms. The Morgan fingerprint density at radius 2 is 1.79 bits per heavy atom. The first kappa shape index (κ1) is 26.5. The Hall–Kier alpha value is -2.10. The Morgan fingerprint density at radius 3 is 2.35 bits per heavy atom. The van der Waals surface area contributed by atoms with Crippen LogP contribution in [-0.2, 0) is 19.6 Å². The Bertz CT molecular complexity index is 1030. The summed E-state index contributed by atoms with van der Waals surface area (Å²) in [5, 5.41) is 0. The van der Waals surface area contributed by atoms with Crippen LogP contribution in [0.2, 0.25) is 0 Å². The molecule has 0 aromatic carbocycles. The summed E-state index contributed by atoms with van der Waals surface area (Å²) in [4.78, 5) is 12.9. The summed E-state index contributed by atoms with van der Waals surface area (Å²) in [5.41, 5.74) is 1.47. The Labute approximate surface area is 205 Å². The number of terminal acetylenes is 1. The molecule has 0 bridgehead atoms. The highest BCUT2D eigenvalue weighted by molar-refractivity contribution is 7.89. The molecule has 0 aromatic rings. The van der Waals surface area contributed by atoms with Gasteiger partial charge in [0.15, 0.2) is 0 Å². The van der Waals surface area contributed by atoms with Crippen molar-refractivity contribution in [1.29, 1.82) is 0 Å². The van der Waals surface area contributed by atoms with E-state index in [0.29, 0.717) is 17.8 Å². The van der Waals surface area contributed by atoms with Gasteiger partial charge >= 0.3 is 5.97 Å². The van der Waals surface area contributed by atoms with Crippen molar-refractivity contribution >= 4 is 16.1 Å². The summed E-state index contributed by atoms with van der Waals surface area (Å²) in [6, 6.07) is 0. The van der Waals surface area contributed by atoms with Gasteiger partial charge in [0.05, 0.1) is 11.3 Å². The molecule has 1 atom stereocenters. The number of ether oxygens (including phenoxy) is 1. The maximum Gasteiger partial charge on any atom is 0.314 e. The van der Waals surface area contributed by atoms with Crippen LogP contribution >= 0.6 is 0 Å². The molecule has 0 radical (unpaired) electrons. The van der Waals surface area contributed by atoms with Crippen LogP contribution in [0.4, 0.5) is 0 Å². The van der Waals surface area contributed by atoms with Crippen LogP contribution in [0, 0.1) is 35.5 Å². The molecule has 1 unspecified atom stereocenters. The molecule has 3 aliphatic rings.